The van der Waals surface area contributed by atoms with Crippen LogP contribution in [-0.2, 0) is 23.9 Å². The second-order valence-electron chi connectivity index (χ2n) is 19.4. The highest BCUT2D eigenvalue weighted by Crippen LogP contribution is 2.40. The number of methoxy groups -OCH3 is 1. The van der Waals surface area contributed by atoms with Gasteiger partial charge in [0.15, 0.2) is 5.82 Å². The molecule has 0 bridgehead atoms. The average molecular weight is 998 g/mol. The van der Waals surface area contributed by atoms with Gasteiger partial charge in [-0.15, -0.1) is 32.9 Å². The lowest BCUT2D eigenvalue weighted by molar-refractivity contribution is -0.144. The maximum atomic E-state index is 14.3. The summed E-state index contributed by atoms with van der Waals surface area (Å²) in [6.45, 7) is 16.7. The van der Waals surface area contributed by atoms with Gasteiger partial charge in [-0.05, 0) is 86.9 Å². The van der Waals surface area contributed by atoms with Crippen LogP contribution in [0.25, 0.3) is 26.6 Å². The van der Waals surface area contributed by atoms with Crippen LogP contribution in [0.3, 0.4) is 0 Å². The predicted molar refractivity (Wildman–Crippen MR) is 274 cm³/mol. The molecule has 0 unspecified atom stereocenters. The molecule has 3 aromatic heterocycles. The molecule has 2 aliphatic heterocycles. The molecule has 6 atom stereocenters. The first-order chi connectivity index (χ1) is 33.7. The molecule has 18 heteroatoms. The number of thiazole rings is 1. The number of esters is 1. The van der Waals surface area contributed by atoms with E-state index >= 15 is 0 Å². The zero-order valence-electron chi connectivity index (χ0n) is 41.5. The predicted octanol–water partition coefficient (Wildman–Crippen LogP) is 7.30. The highest BCUT2D eigenvalue weighted by molar-refractivity contribution is 7.15. The Balaban J connectivity index is 0.910. The van der Waals surface area contributed by atoms with Crippen molar-refractivity contribution in [3.8, 4) is 26.6 Å². The summed E-state index contributed by atoms with van der Waals surface area (Å²) in [5.41, 5.74) is 9.58. The Morgan fingerprint density at radius 3 is 2.10 bits per heavy atom. The van der Waals surface area contributed by atoms with Gasteiger partial charge in [0.25, 0.3) is 5.91 Å². The fraction of sp³-hybridized carbons (Fsp3) is 0.377. The average Bonchev–Trinajstić information content (AvgIpc) is 4.12. The van der Waals surface area contributed by atoms with Crippen molar-refractivity contribution >= 4 is 58.0 Å². The largest absolute Gasteiger partial charge is 0.469 e. The molecular formula is C53H59N9O7S2. The second kappa shape index (κ2) is 20.4. The molecule has 8 rings (SSSR count). The normalized spacial score (nSPS) is 17.8. The number of nitrogens with zero attached hydrogens (tertiary/aromatic N) is 6. The topological polar surface area (TPSA) is 210 Å². The van der Waals surface area contributed by atoms with Crippen molar-refractivity contribution in [3.63, 3.8) is 0 Å². The molecule has 71 heavy (non-hydrogen) atoms. The number of nitrogens with one attached hydrogen (secondary N) is 3. The molecule has 2 aliphatic rings. The maximum absolute atomic E-state index is 14.3. The molecule has 4 amide bonds. The molecule has 0 aliphatic carbocycles. The number of aliphatic hydroxyl groups is 1. The molecule has 5 heterocycles. The van der Waals surface area contributed by atoms with E-state index in [0.29, 0.717) is 17.2 Å². The molecule has 3 aromatic carbocycles. The summed E-state index contributed by atoms with van der Waals surface area (Å²) in [5.74, 6) is -1.11. The number of benzene rings is 3. The third kappa shape index (κ3) is 10.5. The standard InChI is InChI=1S/C53H59N9O7S2/c1-27-31(5)71-52-43(27)44(57-40(24-42(64)69-10)47-60-59-32(6)62(47)52)36-17-13-34(14-18-36)35-15-21-38(22-16-35)49(66)56-30(4)48(65)58-46(53(7,8)9)51(68)61-25-39(63)23-41(61)50(67)55-28(2)33-11-19-37(20-12-33)45-29(3)54-26-70-45/h11-22,26,28,30,39-41,46,63H,23-25H2,1-10H3,(H,55,67)(H,56,66)(H,58,65)/t28-,30+,39+,40-,41-,46+/m0/s1. The molecule has 370 valence electrons. The van der Waals surface area contributed by atoms with Gasteiger partial charge in [0.05, 0.1) is 47.5 Å². The first-order valence-electron chi connectivity index (χ1n) is 23.5. The van der Waals surface area contributed by atoms with E-state index in [-0.39, 0.29) is 25.4 Å². The summed E-state index contributed by atoms with van der Waals surface area (Å²) in [6.07, 6.45) is -0.879. The number of likely N-dealkylation sites (tertiary alicyclic amines) is 1. The molecule has 0 radical (unpaired) electrons. The number of amides is 4. The van der Waals surface area contributed by atoms with Gasteiger partial charge in [0, 0.05) is 34.5 Å². The number of aromatic nitrogens is 4. The minimum absolute atomic E-state index is 0.00256. The van der Waals surface area contributed by atoms with E-state index < -0.39 is 65.3 Å². The summed E-state index contributed by atoms with van der Waals surface area (Å²) in [6, 6.07) is 18.8. The minimum atomic E-state index is -1.08. The highest BCUT2D eigenvalue weighted by Gasteiger charge is 2.45. The number of aryl methyl sites for hydroxylation is 3. The molecule has 4 N–H and O–H groups in total. The third-order valence-corrected chi connectivity index (χ3v) is 15.4. The van der Waals surface area contributed by atoms with Crippen LogP contribution in [0, 0.1) is 33.1 Å². The van der Waals surface area contributed by atoms with E-state index in [1.54, 1.807) is 62.5 Å². The van der Waals surface area contributed by atoms with E-state index in [2.05, 4.69) is 45.0 Å². The van der Waals surface area contributed by atoms with E-state index in [1.807, 2.05) is 91.5 Å². The summed E-state index contributed by atoms with van der Waals surface area (Å²) in [7, 11) is 1.35. The van der Waals surface area contributed by atoms with Crippen LogP contribution >= 0.6 is 22.7 Å². The number of aliphatic hydroxyl groups excluding tert-OH is 1. The van der Waals surface area contributed by atoms with Gasteiger partial charge in [-0.2, -0.15) is 0 Å². The quantitative estimate of drug-likeness (QED) is 0.0849. The summed E-state index contributed by atoms with van der Waals surface area (Å²) in [4.78, 5) is 81.0. The van der Waals surface area contributed by atoms with Crippen LogP contribution in [-0.4, -0.2) is 103 Å². The van der Waals surface area contributed by atoms with Crippen molar-refractivity contribution in [2.24, 2.45) is 10.4 Å². The number of carbonyl (C=O) groups is 5. The lowest BCUT2D eigenvalue weighted by Gasteiger charge is -2.36. The number of β-amino-alcohol motifs (C(OH)–C–C–N with tert-alkyl or cyclic N) is 1. The molecule has 16 nitrogen and oxygen atoms in total. The Morgan fingerprint density at radius 2 is 1.48 bits per heavy atom. The maximum Gasteiger partial charge on any atom is 0.308 e. The van der Waals surface area contributed by atoms with Gasteiger partial charge in [0.1, 0.15) is 35.0 Å². The first-order valence-corrected chi connectivity index (χ1v) is 25.2. The molecule has 0 saturated carbocycles. The molecule has 1 saturated heterocycles. The van der Waals surface area contributed by atoms with Crippen molar-refractivity contribution in [1.82, 2.24) is 40.6 Å². The minimum Gasteiger partial charge on any atom is -0.469 e. The summed E-state index contributed by atoms with van der Waals surface area (Å²) < 4.78 is 7.01. The van der Waals surface area contributed by atoms with Crippen molar-refractivity contribution in [1.29, 1.82) is 0 Å². The van der Waals surface area contributed by atoms with Gasteiger partial charge in [0.2, 0.25) is 17.7 Å². The SMILES string of the molecule is COC(=O)C[C@@H]1N=C(c2ccc(-c3ccc(C(=O)N[C@H](C)C(=O)N[C@H](C(=O)N4C[C@H](O)C[C@H]4C(=O)N[C@@H](C)c4ccc(-c5scnc5C)cc4)C(C)(C)C)cc3)cc2)c2c(sc(C)c2C)-n2c(C)nnc21. The number of thiophene rings is 1. The highest BCUT2D eigenvalue weighted by atomic mass is 32.1. The Hall–Kier alpha value is -6.89. The molecule has 1 fully saturated rings. The number of fused-ring (bicyclic) bond motifs is 3. The van der Waals surface area contributed by atoms with Gasteiger partial charge in [-0.1, -0.05) is 81.4 Å². The Kier molecular flexibility index (Phi) is 14.5. The van der Waals surface area contributed by atoms with Gasteiger partial charge < -0.3 is 30.7 Å². The van der Waals surface area contributed by atoms with Crippen LogP contribution in [0.15, 0.2) is 83.3 Å². The van der Waals surface area contributed by atoms with Crippen LogP contribution in [0.5, 0.6) is 0 Å². The molecule has 0 spiro atoms. The number of hydrogen-bond donors (Lipinski definition) is 4. The van der Waals surface area contributed by atoms with Crippen LogP contribution < -0.4 is 16.0 Å². The lowest BCUT2D eigenvalue weighted by Crippen LogP contribution is -2.60. The van der Waals surface area contributed by atoms with Crippen molar-refractivity contribution in [3.05, 3.63) is 128 Å². The zero-order chi connectivity index (χ0) is 51.1. The fourth-order valence-corrected chi connectivity index (χ4v) is 11.1. The monoisotopic (exact) mass is 997 g/mol. The van der Waals surface area contributed by atoms with Gasteiger partial charge in [-0.3, -0.25) is 33.5 Å². The van der Waals surface area contributed by atoms with Gasteiger partial charge >= 0.3 is 5.97 Å². The number of carbonyl (C=O) groups excluding carboxylic acids is 5. The Labute approximate surface area is 421 Å². The third-order valence-electron chi connectivity index (χ3n) is 13.2. The van der Waals surface area contributed by atoms with Gasteiger partial charge in [-0.25, -0.2) is 4.98 Å². The van der Waals surface area contributed by atoms with Crippen LogP contribution in [0.4, 0.5) is 0 Å². The Bertz CT molecular complexity index is 3020. The number of rotatable bonds is 13. The van der Waals surface area contributed by atoms with Crippen LogP contribution in [0.2, 0.25) is 0 Å². The fourth-order valence-electron chi connectivity index (χ4n) is 9.03. The smallest absolute Gasteiger partial charge is 0.308 e. The van der Waals surface area contributed by atoms with E-state index in [9.17, 15) is 29.1 Å². The van der Waals surface area contributed by atoms with E-state index in [4.69, 9.17) is 9.73 Å². The summed E-state index contributed by atoms with van der Waals surface area (Å²) >= 11 is 3.19. The van der Waals surface area contributed by atoms with E-state index in [0.717, 1.165) is 65.1 Å². The number of ether oxygens (including phenoxy) is 1. The first kappa shape index (κ1) is 50.5. The number of hydrogen-bond acceptors (Lipinski definition) is 13. The zero-order valence-corrected chi connectivity index (χ0v) is 43.1. The van der Waals surface area contributed by atoms with E-state index in [1.165, 1.54) is 12.0 Å². The Morgan fingerprint density at radius 1 is 0.845 bits per heavy atom. The van der Waals surface area contributed by atoms with Crippen molar-refractivity contribution in [2.45, 2.75) is 111 Å². The van der Waals surface area contributed by atoms with Crippen molar-refractivity contribution in [2.75, 3.05) is 13.7 Å². The number of aliphatic imine (C=N–C) groups is 1. The molecule has 6 aromatic rings. The second-order valence-corrected chi connectivity index (χ2v) is 21.4. The summed E-state index contributed by atoms with van der Waals surface area (Å²) in [5, 5.41) is 29.1. The lowest BCUT2D eigenvalue weighted by atomic mass is 9.85. The van der Waals surface area contributed by atoms with Crippen molar-refractivity contribution < 1.29 is 33.8 Å². The molecular weight excluding hydrogens is 939 g/mol. The van der Waals surface area contributed by atoms with Crippen LogP contribution in [0.1, 0.15) is 114 Å².